The molecule has 76 heavy (non-hydrogen) atoms. The van der Waals surface area contributed by atoms with E-state index in [0.717, 1.165) is 101 Å². The molecular formula is C66H63BF2N2O5. The first-order valence-electron chi connectivity index (χ1n) is 27.2. The first kappa shape index (κ1) is 50.6. The maximum atomic E-state index is 16.2. The van der Waals surface area contributed by atoms with Gasteiger partial charge in [-0.15, -0.1) is 0 Å². The average Bonchev–Trinajstić information content (AvgIpc) is 3.94. The quantitative estimate of drug-likeness (QED) is 0.0254. The summed E-state index contributed by atoms with van der Waals surface area (Å²) in [5.74, 6) is -0.391. The highest BCUT2D eigenvalue weighted by molar-refractivity contribution is 6.42. The molecular weight excluding hydrogens is 950 g/mol. The number of fused-ring (bicyclic) bond motifs is 3. The Labute approximate surface area is 444 Å². The molecule has 3 aliphatic rings. The van der Waals surface area contributed by atoms with Gasteiger partial charge in [0.05, 0.1) is 18.3 Å². The van der Waals surface area contributed by atoms with Gasteiger partial charge in [0.25, 0.3) is 0 Å². The van der Waals surface area contributed by atoms with E-state index < -0.39 is 13.4 Å². The molecule has 1 aromatic heterocycles. The predicted octanol–water partition coefficient (Wildman–Crippen LogP) is 15.5. The summed E-state index contributed by atoms with van der Waals surface area (Å²) in [6, 6.07) is 35.6. The highest BCUT2D eigenvalue weighted by atomic mass is 19.2. The van der Waals surface area contributed by atoms with Crippen molar-refractivity contribution in [3.63, 3.8) is 0 Å². The van der Waals surface area contributed by atoms with Gasteiger partial charge in [-0.3, -0.25) is 18.2 Å². The van der Waals surface area contributed by atoms with Crippen LogP contribution in [0.2, 0.25) is 0 Å². The Morgan fingerprint density at radius 1 is 0.724 bits per heavy atom. The van der Waals surface area contributed by atoms with E-state index in [1.54, 1.807) is 19.9 Å². The largest absolute Gasteiger partial charge is 0.678 e. The number of allylic oxidation sites excluding steroid dienone is 2. The van der Waals surface area contributed by atoms with Crippen LogP contribution in [0.25, 0.3) is 65.9 Å². The van der Waals surface area contributed by atoms with E-state index >= 15 is 8.63 Å². The standard InChI is InChI=1S/C66H63BF2N2O5/c1-6-46(72)32-34-58-50-23-9-11-25-56(50)66(71(58)67(68)69)64(65-55-24-10-8-22-49(55)57(70(65)5)35-36-59(73)75-7-2)61-40(3)37-45(38-41(61)4)44-20-12-21-47(39-44)76-60(74)30-15-17-42-31-33-54-52-28-14-19-43-18-13-27-51(62(43)52)53-29-16-26-48(42)63(53)54/h12-14,16,18-21,26-29,31-39,57H,6-11,15,17,22-25,30H2,1-5H3/b34-32+,36-35+,65-64-. The van der Waals surface area contributed by atoms with E-state index in [1.165, 1.54) is 70.9 Å². The summed E-state index contributed by atoms with van der Waals surface area (Å²) in [6.45, 7) is 7.91. The zero-order valence-electron chi connectivity index (χ0n) is 44.2. The van der Waals surface area contributed by atoms with Gasteiger partial charge in [-0.05, 0) is 208 Å². The van der Waals surface area contributed by atoms with Crippen molar-refractivity contribution in [2.45, 2.75) is 111 Å². The van der Waals surface area contributed by atoms with Crippen LogP contribution in [0.4, 0.5) is 8.63 Å². The number of ketones is 1. The van der Waals surface area contributed by atoms with Crippen LogP contribution in [0.1, 0.15) is 116 Å². The van der Waals surface area contributed by atoms with Crippen LogP contribution in [0, 0.1) is 13.8 Å². The molecule has 0 fully saturated rings. The third-order valence-corrected chi connectivity index (χ3v) is 16.3. The Morgan fingerprint density at radius 3 is 2.11 bits per heavy atom. The minimum Gasteiger partial charge on any atom is -0.463 e. The van der Waals surface area contributed by atoms with E-state index in [4.69, 9.17) is 9.47 Å². The number of hydrogen-bond acceptors (Lipinski definition) is 6. The van der Waals surface area contributed by atoms with Gasteiger partial charge in [-0.1, -0.05) is 104 Å². The first-order valence-corrected chi connectivity index (χ1v) is 27.2. The lowest BCUT2D eigenvalue weighted by Gasteiger charge is -2.29. The predicted molar refractivity (Wildman–Crippen MR) is 305 cm³/mol. The van der Waals surface area contributed by atoms with Gasteiger partial charge in [-0.25, -0.2) is 4.79 Å². The second kappa shape index (κ2) is 21.2. The molecule has 0 amide bonds. The smallest absolute Gasteiger partial charge is 0.463 e. The van der Waals surface area contributed by atoms with Gasteiger partial charge in [0, 0.05) is 42.9 Å². The van der Waals surface area contributed by atoms with Crippen LogP contribution in [-0.4, -0.2) is 54.2 Å². The number of likely N-dealkylation sites (N-methyl/N-ethyl adjacent to an activating group) is 1. The maximum Gasteiger partial charge on any atom is 0.678 e. The summed E-state index contributed by atoms with van der Waals surface area (Å²) in [5.41, 5.74) is 12.3. The zero-order chi connectivity index (χ0) is 52.8. The number of hydrogen-bond donors (Lipinski definition) is 0. The second-order valence-electron chi connectivity index (χ2n) is 20.9. The number of aryl methyl sites for hydroxylation is 3. The molecule has 0 saturated heterocycles. The number of esters is 2. The molecule has 1 atom stereocenters. The lowest BCUT2D eigenvalue weighted by molar-refractivity contribution is -0.137. The fraction of sp³-hybridized carbons (Fsp3) is 0.288. The Hall–Kier alpha value is -7.59. The van der Waals surface area contributed by atoms with Crippen molar-refractivity contribution in [2.24, 2.45) is 0 Å². The van der Waals surface area contributed by atoms with Crippen molar-refractivity contribution in [3.05, 3.63) is 183 Å². The molecule has 7 aromatic carbocycles. The normalized spacial score (nSPS) is 16.5. The van der Waals surface area contributed by atoms with Crippen LogP contribution < -0.4 is 4.74 Å². The summed E-state index contributed by atoms with van der Waals surface area (Å²) in [6.07, 6.45) is 14.9. The van der Waals surface area contributed by atoms with Crippen LogP contribution in [0.15, 0.2) is 138 Å². The van der Waals surface area contributed by atoms with Crippen molar-refractivity contribution in [1.29, 1.82) is 0 Å². The van der Waals surface area contributed by atoms with Crippen LogP contribution in [0.3, 0.4) is 0 Å². The van der Waals surface area contributed by atoms with E-state index in [1.807, 2.05) is 51.2 Å². The summed E-state index contributed by atoms with van der Waals surface area (Å²) < 4.78 is 44.9. The summed E-state index contributed by atoms with van der Waals surface area (Å²) in [4.78, 5) is 41.3. The molecule has 10 heteroatoms. The molecule has 0 spiro atoms. The summed E-state index contributed by atoms with van der Waals surface area (Å²) in [7, 11) is -0.880. The molecule has 384 valence electrons. The van der Waals surface area contributed by atoms with Crippen LogP contribution >= 0.6 is 0 Å². The number of nitrogens with zero attached hydrogens (tertiary/aromatic N) is 2. The topological polar surface area (TPSA) is 77.8 Å². The number of rotatable bonds is 15. The highest BCUT2D eigenvalue weighted by Gasteiger charge is 2.41. The van der Waals surface area contributed by atoms with Crippen molar-refractivity contribution in [1.82, 2.24) is 9.38 Å². The molecule has 1 unspecified atom stereocenters. The zero-order valence-corrected chi connectivity index (χ0v) is 44.2. The van der Waals surface area contributed by atoms with Crippen molar-refractivity contribution in [3.8, 4) is 16.9 Å². The Balaban J connectivity index is 0.927. The number of halogens is 2. The van der Waals surface area contributed by atoms with Gasteiger partial charge in [0.2, 0.25) is 0 Å². The van der Waals surface area contributed by atoms with Crippen LogP contribution in [0.5, 0.6) is 5.75 Å². The van der Waals surface area contributed by atoms with E-state index in [9.17, 15) is 14.4 Å². The lowest BCUT2D eigenvalue weighted by Crippen LogP contribution is -2.27. The summed E-state index contributed by atoms with van der Waals surface area (Å²) >= 11 is 0. The monoisotopic (exact) mass is 1010 g/mol. The number of carbonyl (C=O) groups excluding carboxylic acids is 3. The lowest BCUT2D eigenvalue weighted by atomic mass is 9.82. The fourth-order valence-corrected chi connectivity index (χ4v) is 13.0. The average molecular weight is 1010 g/mol. The second-order valence-corrected chi connectivity index (χ2v) is 20.9. The van der Waals surface area contributed by atoms with Gasteiger partial charge in [0.1, 0.15) is 5.75 Å². The fourth-order valence-electron chi connectivity index (χ4n) is 13.0. The third-order valence-electron chi connectivity index (χ3n) is 16.3. The molecule has 0 N–H and O–H groups in total. The Morgan fingerprint density at radius 2 is 1.38 bits per heavy atom. The maximum absolute atomic E-state index is 16.2. The number of carbonyl (C=O) groups is 3. The van der Waals surface area contributed by atoms with Gasteiger partial charge in [-0.2, -0.15) is 0 Å². The Kier molecular flexibility index (Phi) is 14.1. The SMILES string of the molecule is CCOC(=O)/C=C/C1C2=C(CCCC2)/C(=C(\c2c(C)cc(-c3cccc(OC(=O)CCCc4ccc5c6cccc7cccc(c8cccc4c85)c76)c3)cc2C)c2c3c(c(/C=C/C(=O)CC)n2B(F)F)CCCC3)N1C. The molecule has 0 saturated carbocycles. The number of benzene rings is 7. The first-order chi connectivity index (χ1) is 36.9. The van der Waals surface area contributed by atoms with Crippen molar-refractivity contribution in [2.75, 3.05) is 13.7 Å². The molecule has 0 radical (unpaired) electrons. The molecule has 11 rings (SSSR count). The molecule has 1 aliphatic heterocycles. The van der Waals surface area contributed by atoms with E-state index in [-0.39, 0.29) is 37.2 Å². The molecule has 0 bridgehead atoms. The summed E-state index contributed by atoms with van der Waals surface area (Å²) in [5, 5.41) is 10.0. The molecule has 8 aromatic rings. The minimum atomic E-state index is -2.89. The highest BCUT2D eigenvalue weighted by Crippen LogP contribution is 2.50. The van der Waals surface area contributed by atoms with Gasteiger partial charge in [0.15, 0.2) is 5.78 Å². The van der Waals surface area contributed by atoms with Crippen molar-refractivity contribution < 1.29 is 32.5 Å². The minimum absolute atomic E-state index is 0.123. The van der Waals surface area contributed by atoms with Crippen LogP contribution in [-0.2, 0) is 38.4 Å². The van der Waals surface area contributed by atoms with E-state index in [2.05, 4.69) is 83.8 Å². The van der Waals surface area contributed by atoms with E-state index in [0.29, 0.717) is 36.4 Å². The molecule has 2 heterocycles. The number of ether oxygens (including phenoxy) is 2. The third kappa shape index (κ3) is 9.13. The molecule has 7 nitrogen and oxygen atoms in total. The van der Waals surface area contributed by atoms with Crippen molar-refractivity contribution >= 4 is 79.9 Å². The van der Waals surface area contributed by atoms with Gasteiger partial charge < -0.3 is 18.9 Å². The van der Waals surface area contributed by atoms with Gasteiger partial charge >= 0.3 is 19.3 Å². The Bertz CT molecular complexity index is 3690. The molecule has 2 aliphatic carbocycles. The number of aromatic nitrogens is 1.